The predicted molar refractivity (Wildman–Crippen MR) is 88.6 cm³/mol. The molecule has 7 heteroatoms. The number of aliphatic hydroxyl groups excluding tert-OH is 1. The second-order valence-electron chi connectivity index (χ2n) is 6.84. The maximum atomic E-state index is 13.2. The van der Waals surface area contributed by atoms with Crippen molar-refractivity contribution in [1.29, 1.82) is 0 Å². The van der Waals surface area contributed by atoms with E-state index in [4.69, 9.17) is 4.74 Å². The quantitative estimate of drug-likeness (QED) is 0.753. The predicted octanol–water partition coefficient (Wildman–Crippen LogP) is 1.71. The number of halogens is 2. The van der Waals surface area contributed by atoms with Gasteiger partial charge in [-0.25, -0.2) is 8.78 Å². The van der Waals surface area contributed by atoms with Crippen molar-refractivity contribution in [3.63, 3.8) is 0 Å². The first-order valence-electron chi connectivity index (χ1n) is 8.71. The molecule has 1 amide bonds. The van der Waals surface area contributed by atoms with E-state index < -0.39 is 18.1 Å². The van der Waals surface area contributed by atoms with Gasteiger partial charge in [0.05, 0.1) is 18.8 Å². The summed E-state index contributed by atoms with van der Waals surface area (Å²) < 4.78 is 32.0. The Morgan fingerprint density at radius 2 is 1.92 bits per heavy atom. The number of carbonyl (C=O) groups is 1. The molecule has 3 rings (SSSR count). The van der Waals surface area contributed by atoms with Crippen LogP contribution in [0.4, 0.5) is 8.78 Å². The zero-order valence-corrected chi connectivity index (χ0v) is 14.0. The smallest absolute Gasteiger partial charge is 0.251 e. The summed E-state index contributed by atoms with van der Waals surface area (Å²) in [5.41, 5.74) is 0.549. The van der Waals surface area contributed by atoms with Gasteiger partial charge in [0.15, 0.2) is 0 Å². The molecular weight excluding hydrogens is 330 g/mol. The molecule has 2 aliphatic rings. The number of amides is 1. The Morgan fingerprint density at radius 3 is 2.60 bits per heavy atom. The van der Waals surface area contributed by atoms with E-state index in [0.29, 0.717) is 25.0 Å². The third-order valence-corrected chi connectivity index (χ3v) is 4.95. The van der Waals surface area contributed by atoms with Crippen molar-refractivity contribution in [2.24, 2.45) is 0 Å². The van der Waals surface area contributed by atoms with Gasteiger partial charge in [0.1, 0.15) is 6.10 Å². The summed E-state index contributed by atoms with van der Waals surface area (Å²) in [5, 5.41) is 16.4. The summed E-state index contributed by atoms with van der Waals surface area (Å²) >= 11 is 0. The number of aliphatic hydroxyl groups is 1. The van der Waals surface area contributed by atoms with Crippen LogP contribution < -0.4 is 10.6 Å². The van der Waals surface area contributed by atoms with Crippen molar-refractivity contribution in [3.05, 3.63) is 35.9 Å². The van der Waals surface area contributed by atoms with Crippen LogP contribution in [0, 0.1) is 0 Å². The topological polar surface area (TPSA) is 70.6 Å². The lowest BCUT2D eigenvalue weighted by atomic mass is 9.91. The van der Waals surface area contributed by atoms with Crippen molar-refractivity contribution in [3.8, 4) is 0 Å². The normalized spacial score (nSPS) is 29.5. The first kappa shape index (κ1) is 18.2. The molecule has 25 heavy (non-hydrogen) atoms. The zero-order chi connectivity index (χ0) is 17.9. The fourth-order valence-corrected chi connectivity index (χ4v) is 3.40. The van der Waals surface area contributed by atoms with Crippen molar-refractivity contribution in [2.75, 3.05) is 13.2 Å². The molecule has 0 aromatic heterocycles. The van der Waals surface area contributed by atoms with Crippen LogP contribution in [0.3, 0.4) is 0 Å². The molecular formula is C18H24F2N2O3. The van der Waals surface area contributed by atoms with Gasteiger partial charge in [-0.2, -0.15) is 0 Å². The summed E-state index contributed by atoms with van der Waals surface area (Å²) in [6.07, 6.45) is -0.735. The first-order chi connectivity index (χ1) is 11.9. The van der Waals surface area contributed by atoms with Gasteiger partial charge in [0.25, 0.3) is 5.91 Å². The molecule has 0 spiro atoms. The fourth-order valence-electron chi connectivity index (χ4n) is 3.40. The summed E-state index contributed by atoms with van der Waals surface area (Å²) in [7, 11) is 0. The number of hydrogen-bond donors (Lipinski definition) is 3. The van der Waals surface area contributed by atoms with Gasteiger partial charge in [0.2, 0.25) is 5.92 Å². The van der Waals surface area contributed by atoms with E-state index in [1.165, 1.54) is 0 Å². The fraction of sp³-hybridized carbons (Fsp3) is 0.611. The number of benzene rings is 1. The van der Waals surface area contributed by atoms with Crippen LogP contribution in [-0.4, -0.2) is 54.4 Å². The number of carbonyl (C=O) groups excluding carboxylic acids is 1. The van der Waals surface area contributed by atoms with E-state index >= 15 is 0 Å². The van der Waals surface area contributed by atoms with E-state index in [2.05, 4.69) is 10.6 Å². The second kappa shape index (κ2) is 7.76. The van der Waals surface area contributed by atoms with Gasteiger partial charge in [-0.15, -0.1) is 0 Å². The number of ether oxygens (including phenoxy) is 1. The molecule has 1 aromatic rings. The van der Waals surface area contributed by atoms with Crippen LogP contribution >= 0.6 is 0 Å². The summed E-state index contributed by atoms with van der Waals surface area (Å²) in [4.78, 5) is 12.0. The lowest BCUT2D eigenvalue weighted by Gasteiger charge is -2.31. The van der Waals surface area contributed by atoms with Gasteiger partial charge in [-0.1, -0.05) is 18.2 Å². The Balaban J connectivity index is 1.44. The maximum absolute atomic E-state index is 13.2. The van der Waals surface area contributed by atoms with E-state index in [-0.39, 0.29) is 37.4 Å². The number of alkyl halides is 2. The van der Waals surface area contributed by atoms with Gasteiger partial charge in [-0.05, 0) is 25.0 Å². The van der Waals surface area contributed by atoms with Crippen LogP contribution in [0.25, 0.3) is 0 Å². The van der Waals surface area contributed by atoms with Crippen LogP contribution in [0.1, 0.15) is 36.0 Å². The molecule has 1 aliphatic carbocycles. The molecule has 0 radical (unpaired) electrons. The minimum Gasteiger partial charge on any atom is -0.389 e. The molecule has 3 N–H and O–H groups in total. The molecule has 3 unspecified atom stereocenters. The first-order valence-corrected chi connectivity index (χ1v) is 8.71. The number of hydrogen-bond acceptors (Lipinski definition) is 4. The van der Waals surface area contributed by atoms with Gasteiger partial charge in [-0.3, -0.25) is 4.79 Å². The zero-order valence-electron chi connectivity index (χ0n) is 14.0. The molecule has 1 heterocycles. The van der Waals surface area contributed by atoms with E-state index in [9.17, 15) is 18.7 Å². The highest BCUT2D eigenvalue weighted by Gasteiger charge is 2.40. The van der Waals surface area contributed by atoms with Crippen molar-refractivity contribution in [1.82, 2.24) is 10.6 Å². The largest absolute Gasteiger partial charge is 0.389 e. The minimum absolute atomic E-state index is 0.0273. The molecule has 2 fully saturated rings. The SMILES string of the molecule is O=C(NCC1OCC(NC2CCC(F)(F)CC2)C1O)c1ccccc1. The van der Waals surface area contributed by atoms with Crippen LogP contribution in [-0.2, 0) is 4.74 Å². The molecule has 1 aliphatic heterocycles. The van der Waals surface area contributed by atoms with Crippen LogP contribution in [0.2, 0.25) is 0 Å². The highest BCUT2D eigenvalue weighted by molar-refractivity contribution is 5.94. The number of nitrogens with one attached hydrogen (secondary N) is 2. The average molecular weight is 354 g/mol. The third kappa shape index (κ3) is 4.74. The monoisotopic (exact) mass is 354 g/mol. The molecule has 5 nitrogen and oxygen atoms in total. The highest BCUT2D eigenvalue weighted by Crippen LogP contribution is 2.33. The Morgan fingerprint density at radius 1 is 1.24 bits per heavy atom. The number of rotatable bonds is 5. The molecule has 0 bridgehead atoms. The summed E-state index contributed by atoms with van der Waals surface area (Å²) in [6, 6.07) is 8.50. The molecule has 1 aromatic carbocycles. The molecule has 3 atom stereocenters. The molecule has 1 saturated heterocycles. The molecule has 1 saturated carbocycles. The lowest BCUT2D eigenvalue weighted by Crippen LogP contribution is -2.49. The average Bonchev–Trinajstić information content (AvgIpc) is 2.95. The van der Waals surface area contributed by atoms with E-state index in [1.54, 1.807) is 24.3 Å². The van der Waals surface area contributed by atoms with Gasteiger partial charge < -0.3 is 20.5 Å². The maximum Gasteiger partial charge on any atom is 0.251 e. The van der Waals surface area contributed by atoms with Crippen molar-refractivity contribution >= 4 is 5.91 Å². The molecule has 138 valence electrons. The Bertz CT molecular complexity index is 575. The Kier molecular flexibility index (Phi) is 5.66. The standard InChI is InChI=1S/C18H24F2N2O3/c19-18(20)8-6-13(7-9-18)22-14-11-25-15(16(14)23)10-21-17(24)12-4-2-1-3-5-12/h1-5,13-16,22-23H,6-11H2,(H,21,24). The van der Waals surface area contributed by atoms with E-state index in [0.717, 1.165) is 0 Å². The summed E-state index contributed by atoms with van der Waals surface area (Å²) in [5.74, 6) is -2.78. The lowest BCUT2D eigenvalue weighted by molar-refractivity contribution is -0.0421. The van der Waals surface area contributed by atoms with Crippen LogP contribution in [0.5, 0.6) is 0 Å². The van der Waals surface area contributed by atoms with Gasteiger partial charge >= 0.3 is 0 Å². The van der Waals surface area contributed by atoms with Crippen molar-refractivity contribution < 1.29 is 23.4 Å². The van der Waals surface area contributed by atoms with Crippen molar-refractivity contribution in [2.45, 2.75) is 55.9 Å². The highest BCUT2D eigenvalue weighted by atomic mass is 19.3. The van der Waals surface area contributed by atoms with E-state index in [1.807, 2.05) is 6.07 Å². The van der Waals surface area contributed by atoms with Crippen LogP contribution in [0.15, 0.2) is 30.3 Å². The second-order valence-corrected chi connectivity index (χ2v) is 6.84. The Labute approximate surface area is 145 Å². The summed E-state index contributed by atoms with van der Waals surface area (Å²) in [6.45, 7) is 0.510. The minimum atomic E-state index is -2.56. The third-order valence-electron chi connectivity index (χ3n) is 4.95. The Hall–Kier alpha value is -1.57. The van der Waals surface area contributed by atoms with Gasteiger partial charge in [0, 0.05) is 31.0 Å².